The average molecular weight is 404 g/mol. The van der Waals surface area contributed by atoms with Crippen LogP contribution in [0.3, 0.4) is 0 Å². The molecule has 0 N–H and O–H groups in total. The van der Waals surface area contributed by atoms with Crippen LogP contribution in [0.15, 0.2) is 40.9 Å². The number of hydrogen-bond donors (Lipinski definition) is 0. The number of nitrogens with zero attached hydrogens (tertiary/aromatic N) is 3. The number of aryl methyl sites for hydroxylation is 1. The Morgan fingerprint density at radius 2 is 1.52 bits per heavy atom. The number of rotatable bonds is 5. The molecule has 0 bridgehead atoms. The third kappa shape index (κ3) is 3.32. The van der Waals surface area contributed by atoms with Crippen LogP contribution in [0.4, 0.5) is 0 Å². The number of ether oxygens (including phenoxy) is 3. The maximum Gasteiger partial charge on any atom is 0.203 e. The first-order valence-electron chi connectivity index (χ1n) is 7.57. The maximum atomic E-state index is 5.44. The Morgan fingerprint density at radius 1 is 0.920 bits per heavy atom. The fourth-order valence-corrected chi connectivity index (χ4v) is 2.84. The number of aromatic nitrogens is 3. The first-order chi connectivity index (χ1) is 12.1. The molecule has 0 radical (unpaired) electrons. The van der Waals surface area contributed by atoms with E-state index in [0.717, 1.165) is 15.7 Å². The van der Waals surface area contributed by atoms with Crippen molar-refractivity contribution < 1.29 is 14.2 Å². The van der Waals surface area contributed by atoms with Gasteiger partial charge in [0.2, 0.25) is 5.75 Å². The lowest BCUT2D eigenvalue weighted by Crippen LogP contribution is -2.01. The molecule has 0 aliphatic heterocycles. The van der Waals surface area contributed by atoms with Crippen LogP contribution in [0.5, 0.6) is 17.2 Å². The number of hydrogen-bond acceptors (Lipinski definition) is 5. The highest BCUT2D eigenvalue weighted by Crippen LogP contribution is 2.41. The Balaban J connectivity index is 2.19. The fraction of sp³-hybridized carbons (Fsp3) is 0.222. The predicted octanol–water partition coefficient (Wildman–Crippen LogP) is 4.03. The maximum absolute atomic E-state index is 5.44. The monoisotopic (exact) mass is 403 g/mol. The van der Waals surface area contributed by atoms with E-state index in [1.54, 1.807) is 26.0 Å². The molecule has 0 aliphatic carbocycles. The number of methoxy groups -OCH3 is 3. The molecule has 25 heavy (non-hydrogen) atoms. The van der Waals surface area contributed by atoms with Crippen molar-refractivity contribution in [3.8, 4) is 34.3 Å². The molecule has 1 heterocycles. The molecule has 7 heteroatoms. The molecular weight excluding hydrogens is 386 g/mol. The second kappa shape index (κ2) is 7.14. The highest BCUT2D eigenvalue weighted by atomic mass is 79.9. The van der Waals surface area contributed by atoms with Gasteiger partial charge < -0.3 is 14.2 Å². The Morgan fingerprint density at radius 3 is 2.04 bits per heavy atom. The Hall–Kier alpha value is -2.54. The van der Waals surface area contributed by atoms with Crippen LogP contribution >= 0.6 is 15.9 Å². The zero-order valence-electron chi connectivity index (χ0n) is 14.4. The second-order valence-corrected chi connectivity index (χ2v) is 6.20. The molecule has 3 aromatic rings. The molecule has 3 rings (SSSR count). The summed E-state index contributed by atoms with van der Waals surface area (Å²) < 4.78 is 19.1. The number of halogens is 1. The summed E-state index contributed by atoms with van der Waals surface area (Å²) in [6.07, 6.45) is 0. The van der Waals surface area contributed by atoms with Crippen LogP contribution in [-0.4, -0.2) is 36.1 Å². The van der Waals surface area contributed by atoms with Crippen LogP contribution in [0.25, 0.3) is 17.1 Å². The van der Waals surface area contributed by atoms with Crippen molar-refractivity contribution in [2.45, 2.75) is 6.92 Å². The molecule has 0 saturated heterocycles. The van der Waals surface area contributed by atoms with Crippen molar-refractivity contribution in [2.75, 3.05) is 21.3 Å². The van der Waals surface area contributed by atoms with Gasteiger partial charge in [-0.15, -0.1) is 0 Å². The Labute approximate surface area is 154 Å². The van der Waals surface area contributed by atoms with Gasteiger partial charge in [-0.1, -0.05) is 15.9 Å². The Bertz CT molecular complexity index is 866. The molecule has 0 atom stereocenters. The summed E-state index contributed by atoms with van der Waals surface area (Å²) in [6.45, 7) is 1.86. The third-order valence-corrected chi connectivity index (χ3v) is 4.24. The van der Waals surface area contributed by atoms with Crippen LogP contribution in [0.2, 0.25) is 0 Å². The van der Waals surface area contributed by atoms with E-state index in [0.29, 0.717) is 28.9 Å². The van der Waals surface area contributed by atoms with E-state index < -0.39 is 0 Å². The standard InChI is InChI=1S/C18H18BrN3O3/c1-11-20-18(22(21-11)14-7-5-13(19)6-8-14)12-9-15(23-2)17(25-4)16(10-12)24-3/h5-10H,1-4H3. The van der Waals surface area contributed by atoms with Crippen molar-refractivity contribution in [3.05, 3.63) is 46.7 Å². The van der Waals surface area contributed by atoms with Gasteiger partial charge in [0.1, 0.15) is 5.82 Å². The quantitative estimate of drug-likeness (QED) is 0.643. The van der Waals surface area contributed by atoms with Crippen LogP contribution in [0, 0.1) is 6.92 Å². The van der Waals surface area contributed by atoms with Crippen molar-refractivity contribution in [3.63, 3.8) is 0 Å². The van der Waals surface area contributed by atoms with Gasteiger partial charge in [0.25, 0.3) is 0 Å². The van der Waals surface area contributed by atoms with Crippen molar-refractivity contribution in [1.82, 2.24) is 14.8 Å². The molecule has 0 saturated carbocycles. The van der Waals surface area contributed by atoms with Crippen molar-refractivity contribution in [1.29, 1.82) is 0 Å². The summed E-state index contributed by atoms with van der Waals surface area (Å²) in [5, 5.41) is 4.52. The molecule has 6 nitrogen and oxygen atoms in total. The van der Waals surface area contributed by atoms with Gasteiger partial charge in [-0.05, 0) is 43.3 Å². The minimum atomic E-state index is 0.542. The molecular formula is C18H18BrN3O3. The SMILES string of the molecule is COc1cc(-c2nc(C)nn2-c2ccc(Br)cc2)cc(OC)c1OC. The molecule has 0 aliphatic rings. The lowest BCUT2D eigenvalue weighted by molar-refractivity contribution is 0.324. The highest BCUT2D eigenvalue weighted by Gasteiger charge is 2.18. The van der Waals surface area contributed by atoms with Crippen molar-refractivity contribution >= 4 is 15.9 Å². The first kappa shape index (κ1) is 17.3. The van der Waals surface area contributed by atoms with Gasteiger partial charge in [0, 0.05) is 10.0 Å². The summed E-state index contributed by atoms with van der Waals surface area (Å²) >= 11 is 3.45. The summed E-state index contributed by atoms with van der Waals surface area (Å²) in [6, 6.07) is 11.6. The van der Waals surface area contributed by atoms with Crippen LogP contribution in [0.1, 0.15) is 5.82 Å². The molecule has 0 fully saturated rings. The van der Waals surface area contributed by atoms with Crippen LogP contribution in [-0.2, 0) is 0 Å². The topological polar surface area (TPSA) is 58.4 Å². The van der Waals surface area contributed by atoms with E-state index in [9.17, 15) is 0 Å². The van der Waals surface area contributed by atoms with E-state index in [2.05, 4.69) is 26.0 Å². The second-order valence-electron chi connectivity index (χ2n) is 5.28. The van der Waals surface area contributed by atoms with Gasteiger partial charge in [-0.3, -0.25) is 0 Å². The van der Waals surface area contributed by atoms with Gasteiger partial charge in [-0.2, -0.15) is 5.10 Å². The van der Waals surface area contributed by atoms with Gasteiger partial charge in [-0.25, -0.2) is 9.67 Å². The smallest absolute Gasteiger partial charge is 0.203 e. The van der Waals surface area contributed by atoms with E-state index in [1.807, 2.05) is 43.3 Å². The van der Waals surface area contributed by atoms with Crippen molar-refractivity contribution in [2.24, 2.45) is 0 Å². The van der Waals surface area contributed by atoms with E-state index in [-0.39, 0.29) is 0 Å². The first-order valence-corrected chi connectivity index (χ1v) is 8.36. The molecule has 2 aromatic carbocycles. The molecule has 0 unspecified atom stereocenters. The van der Waals surface area contributed by atoms with Gasteiger partial charge in [0.05, 0.1) is 27.0 Å². The zero-order valence-corrected chi connectivity index (χ0v) is 16.0. The molecule has 0 amide bonds. The Kier molecular flexibility index (Phi) is 4.94. The lowest BCUT2D eigenvalue weighted by atomic mass is 10.1. The summed E-state index contributed by atoms with van der Waals surface area (Å²) in [7, 11) is 4.76. The highest BCUT2D eigenvalue weighted by molar-refractivity contribution is 9.10. The van der Waals surface area contributed by atoms with E-state index >= 15 is 0 Å². The fourth-order valence-electron chi connectivity index (χ4n) is 2.57. The zero-order chi connectivity index (χ0) is 18.0. The van der Waals surface area contributed by atoms with Gasteiger partial charge in [0.15, 0.2) is 17.3 Å². The lowest BCUT2D eigenvalue weighted by Gasteiger charge is -2.14. The molecule has 1 aromatic heterocycles. The minimum Gasteiger partial charge on any atom is -0.493 e. The summed E-state index contributed by atoms with van der Waals surface area (Å²) in [4.78, 5) is 4.57. The summed E-state index contributed by atoms with van der Waals surface area (Å²) in [5.74, 6) is 3.05. The molecule has 0 spiro atoms. The largest absolute Gasteiger partial charge is 0.493 e. The predicted molar refractivity (Wildman–Crippen MR) is 98.9 cm³/mol. The summed E-state index contributed by atoms with van der Waals surface area (Å²) in [5.41, 5.74) is 1.73. The normalized spacial score (nSPS) is 10.6. The minimum absolute atomic E-state index is 0.542. The average Bonchev–Trinajstić information content (AvgIpc) is 3.02. The van der Waals surface area contributed by atoms with E-state index in [1.165, 1.54) is 0 Å². The molecule has 130 valence electrons. The number of benzene rings is 2. The van der Waals surface area contributed by atoms with Crippen LogP contribution < -0.4 is 14.2 Å². The van der Waals surface area contributed by atoms with E-state index in [4.69, 9.17) is 14.2 Å². The van der Waals surface area contributed by atoms with Gasteiger partial charge >= 0.3 is 0 Å². The third-order valence-electron chi connectivity index (χ3n) is 3.71.